The summed E-state index contributed by atoms with van der Waals surface area (Å²) in [4.78, 5) is 2.35. The second-order valence-electron chi connectivity index (χ2n) is 6.16. The molecule has 1 aromatic heterocycles. The number of nitrogens with zero attached hydrogens (tertiary/aromatic N) is 3. The fourth-order valence-electron chi connectivity index (χ4n) is 3.68. The molecule has 1 aliphatic heterocycles. The second-order valence-corrected chi connectivity index (χ2v) is 6.54. The van der Waals surface area contributed by atoms with Crippen LogP contribution in [0.2, 0.25) is 0 Å². The maximum Gasteiger partial charge on any atom is 0.226 e. The molecule has 5 nitrogen and oxygen atoms in total. The van der Waals surface area contributed by atoms with Crippen LogP contribution in [0.4, 0.5) is 5.95 Å². The summed E-state index contributed by atoms with van der Waals surface area (Å²) in [6.45, 7) is 4.83. The maximum absolute atomic E-state index is 5.81. The second kappa shape index (κ2) is 6.92. The summed E-state index contributed by atoms with van der Waals surface area (Å²) in [6.07, 6.45) is 9.06. The van der Waals surface area contributed by atoms with Crippen molar-refractivity contribution in [3.8, 4) is 0 Å². The van der Waals surface area contributed by atoms with Gasteiger partial charge in [-0.3, -0.25) is 4.57 Å². The zero-order valence-electron chi connectivity index (χ0n) is 12.9. The van der Waals surface area contributed by atoms with Gasteiger partial charge in [0.1, 0.15) is 0 Å². The number of nitrogens with one attached hydrogen (secondary N) is 1. The molecule has 0 amide bonds. The van der Waals surface area contributed by atoms with E-state index < -0.39 is 0 Å². The van der Waals surface area contributed by atoms with E-state index in [-0.39, 0.29) is 0 Å². The predicted molar refractivity (Wildman–Crippen MR) is 86.4 cm³/mol. The van der Waals surface area contributed by atoms with Gasteiger partial charge in [-0.15, -0.1) is 5.10 Å². The molecule has 1 N–H and O–H groups in total. The molecule has 1 aliphatic carbocycles. The van der Waals surface area contributed by atoms with E-state index in [2.05, 4.69) is 26.6 Å². The minimum atomic E-state index is 0.328. The summed E-state index contributed by atoms with van der Waals surface area (Å²) in [6, 6.07) is 0.521. The molecule has 21 heavy (non-hydrogen) atoms. The summed E-state index contributed by atoms with van der Waals surface area (Å²) >= 11 is 5.49. The van der Waals surface area contributed by atoms with Crippen LogP contribution in [0.5, 0.6) is 0 Å². The van der Waals surface area contributed by atoms with Crippen LogP contribution in [-0.4, -0.2) is 40.6 Å². The smallest absolute Gasteiger partial charge is 0.226 e. The fourth-order valence-corrected chi connectivity index (χ4v) is 3.96. The van der Waals surface area contributed by atoms with Crippen LogP contribution in [0.25, 0.3) is 0 Å². The van der Waals surface area contributed by atoms with E-state index in [1.165, 1.54) is 32.1 Å². The van der Waals surface area contributed by atoms with Crippen molar-refractivity contribution in [1.29, 1.82) is 0 Å². The molecular formula is C15H26N4OS. The SMILES string of the molecule is CCOC1CCCN(c2n[nH]c(=S)n2C2CCCCC2)C1. The quantitative estimate of drug-likeness (QED) is 0.865. The Morgan fingerprint density at radius 1 is 1.24 bits per heavy atom. The highest BCUT2D eigenvalue weighted by molar-refractivity contribution is 7.71. The summed E-state index contributed by atoms with van der Waals surface area (Å²) < 4.78 is 8.85. The van der Waals surface area contributed by atoms with Crippen LogP contribution in [0.15, 0.2) is 0 Å². The highest BCUT2D eigenvalue weighted by Crippen LogP contribution is 2.32. The van der Waals surface area contributed by atoms with E-state index in [0.29, 0.717) is 12.1 Å². The zero-order chi connectivity index (χ0) is 14.7. The molecule has 1 aromatic rings. The first-order valence-electron chi connectivity index (χ1n) is 8.33. The van der Waals surface area contributed by atoms with Gasteiger partial charge in [-0.1, -0.05) is 19.3 Å². The Morgan fingerprint density at radius 2 is 2.05 bits per heavy atom. The van der Waals surface area contributed by atoms with Gasteiger partial charge in [-0.05, 0) is 44.8 Å². The van der Waals surface area contributed by atoms with Crippen molar-refractivity contribution in [3.05, 3.63) is 4.77 Å². The number of aromatic amines is 1. The van der Waals surface area contributed by atoms with Crippen molar-refractivity contribution in [2.24, 2.45) is 0 Å². The van der Waals surface area contributed by atoms with Crippen LogP contribution < -0.4 is 4.90 Å². The summed E-state index contributed by atoms with van der Waals surface area (Å²) in [7, 11) is 0. The highest BCUT2D eigenvalue weighted by Gasteiger charge is 2.27. The molecule has 3 rings (SSSR count). The van der Waals surface area contributed by atoms with Crippen LogP contribution in [0.3, 0.4) is 0 Å². The third-order valence-corrected chi connectivity index (χ3v) is 4.98. The van der Waals surface area contributed by atoms with Crippen molar-refractivity contribution in [2.75, 3.05) is 24.6 Å². The van der Waals surface area contributed by atoms with Gasteiger partial charge in [0.2, 0.25) is 5.95 Å². The van der Waals surface area contributed by atoms with Gasteiger partial charge in [0, 0.05) is 25.7 Å². The molecule has 0 aromatic carbocycles. The maximum atomic E-state index is 5.81. The van der Waals surface area contributed by atoms with Gasteiger partial charge < -0.3 is 9.64 Å². The predicted octanol–water partition coefficient (Wildman–Crippen LogP) is 3.45. The van der Waals surface area contributed by atoms with Crippen LogP contribution >= 0.6 is 12.2 Å². The van der Waals surface area contributed by atoms with E-state index in [9.17, 15) is 0 Å². The molecule has 0 radical (unpaired) electrons. The average Bonchev–Trinajstić information content (AvgIpc) is 2.90. The minimum absolute atomic E-state index is 0.328. The molecule has 0 bridgehead atoms. The summed E-state index contributed by atoms with van der Waals surface area (Å²) in [5.74, 6) is 1.02. The first-order valence-corrected chi connectivity index (χ1v) is 8.74. The first kappa shape index (κ1) is 15.0. The van der Waals surface area contributed by atoms with E-state index >= 15 is 0 Å². The highest BCUT2D eigenvalue weighted by atomic mass is 32.1. The van der Waals surface area contributed by atoms with Crippen molar-refractivity contribution in [1.82, 2.24) is 14.8 Å². The molecule has 118 valence electrons. The molecule has 1 saturated carbocycles. The summed E-state index contributed by atoms with van der Waals surface area (Å²) in [5, 5.41) is 7.54. The van der Waals surface area contributed by atoms with Crippen molar-refractivity contribution in [3.63, 3.8) is 0 Å². The van der Waals surface area contributed by atoms with Crippen LogP contribution in [0.1, 0.15) is 57.9 Å². The largest absolute Gasteiger partial charge is 0.377 e. The standard InChI is InChI=1S/C15H26N4OS/c1-2-20-13-9-6-10-18(11-13)14-16-17-15(21)19(14)12-7-4-3-5-8-12/h12-13H,2-11H2,1H3,(H,17,21). The lowest BCUT2D eigenvalue weighted by molar-refractivity contribution is 0.0521. The van der Waals surface area contributed by atoms with Crippen LogP contribution in [-0.2, 0) is 4.74 Å². The number of hydrogen-bond acceptors (Lipinski definition) is 4. The lowest BCUT2D eigenvalue weighted by atomic mass is 9.95. The van der Waals surface area contributed by atoms with E-state index in [1.807, 2.05) is 0 Å². The van der Waals surface area contributed by atoms with Crippen molar-refractivity contribution < 1.29 is 4.74 Å². The molecule has 6 heteroatoms. The Kier molecular flexibility index (Phi) is 4.95. The van der Waals surface area contributed by atoms with Gasteiger partial charge in [-0.25, -0.2) is 5.10 Å². The van der Waals surface area contributed by atoms with Gasteiger partial charge in [-0.2, -0.15) is 0 Å². The number of piperidine rings is 1. The Balaban J connectivity index is 1.80. The number of H-pyrrole nitrogens is 1. The molecule has 0 spiro atoms. The Morgan fingerprint density at radius 3 is 2.81 bits per heavy atom. The van der Waals surface area contributed by atoms with Crippen molar-refractivity contribution >= 4 is 18.2 Å². The van der Waals surface area contributed by atoms with Gasteiger partial charge >= 0.3 is 0 Å². The number of ether oxygens (including phenoxy) is 1. The monoisotopic (exact) mass is 310 g/mol. The molecule has 1 saturated heterocycles. The Labute approximate surface area is 131 Å². The zero-order valence-corrected chi connectivity index (χ0v) is 13.7. The molecule has 1 unspecified atom stereocenters. The summed E-state index contributed by atoms with van der Waals surface area (Å²) in [5.41, 5.74) is 0. The van der Waals surface area contributed by atoms with Gasteiger partial charge in [0.15, 0.2) is 4.77 Å². The molecule has 2 heterocycles. The van der Waals surface area contributed by atoms with E-state index in [4.69, 9.17) is 17.0 Å². The van der Waals surface area contributed by atoms with Gasteiger partial charge in [0.25, 0.3) is 0 Å². The third-order valence-electron chi connectivity index (χ3n) is 4.69. The third kappa shape index (κ3) is 3.31. The average molecular weight is 310 g/mol. The van der Waals surface area contributed by atoms with Gasteiger partial charge in [0.05, 0.1) is 6.10 Å². The van der Waals surface area contributed by atoms with E-state index in [1.54, 1.807) is 0 Å². The number of aromatic nitrogens is 3. The first-order chi connectivity index (χ1) is 10.3. The Bertz CT molecular complexity index is 504. The molecular weight excluding hydrogens is 284 g/mol. The van der Waals surface area contributed by atoms with Crippen LogP contribution in [0, 0.1) is 4.77 Å². The minimum Gasteiger partial charge on any atom is -0.377 e. The van der Waals surface area contributed by atoms with Crippen molar-refractivity contribution in [2.45, 2.75) is 64.0 Å². The fraction of sp³-hybridized carbons (Fsp3) is 0.867. The lowest BCUT2D eigenvalue weighted by Crippen LogP contribution is -2.41. The number of hydrogen-bond donors (Lipinski definition) is 1. The molecule has 1 atom stereocenters. The number of rotatable bonds is 4. The molecule has 2 aliphatic rings. The topological polar surface area (TPSA) is 46.1 Å². The Hall–Kier alpha value is -0.880. The van der Waals surface area contributed by atoms with E-state index in [0.717, 1.165) is 43.3 Å². The lowest BCUT2D eigenvalue weighted by Gasteiger charge is -2.34. The number of anilines is 1. The normalized spacial score (nSPS) is 24.4. The molecule has 2 fully saturated rings.